The van der Waals surface area contributed by atoms with E-state index in [1.54, 1.807) is 0 Å². The molecule has 0 spiro atoms. The summed E-state index contributed by atoms with van der Waals surface area (Å²) < 4.78 is 11.5. The first-order valence-corrected chi connectivity index (χ1v) is 15.2. The molecule has 0 amide bonds. The van der Waals surface area contributed by atoms with Crippen LogP contribution < -0.4 is 0 Å². The van der Waals surface area contributed by atoms with Crippen LogP contribution in [-0.4, -0.2) is 32.1 Å². The third kappa shape index (κ3) is 6.51. The van der Waals surface area contributed by atoms with Crippen LogP contribution in [0.5, 0.6) is 0 Å². The van der Waals surface area contributed by atoms with E-state index in [1.807, 2.05) is 121 Å². The fourth-order valence-corrected chi connectivity index (χ4v) is 5.36. The molecule has 0 unspecified atom stereocenters. The molecule has 0 bridgehead atoms. The van der Waals surface area contributed by atoms with E-state index in [4.69, 9.17) is 19.0 Å². The Kier molecular flexibility index (Phi) is 7.76. The quantitative estimate of drug-likeness (QED) is 0.176. The van der Waals surface area contributed by atoms with Gasteiger partial charge in [-0.05, 0) is 84.3 Å². The second-order valence-electron chi connectivity index (χ2n) is 11.6. The number of aromatic nitrogens is 2. The highest BCUT2D eigenvalue weighted by Gasteiger charge is 2.41. The molecule has 2 saturated carbocycles. The molecule has 4 aromatic carbocycles. The second-order valence-corrected chi connectivity index (χ2v) is 11.6. The molecular weight excluding hydrogens is 580 g/mol. The lowest BCUT2D eigenvalue weighted by Crippen LogP contribution is -1.97. The van der Waals surface area contributed by atoms with Gasteiger partial charge in [0.25, 0.3) is 0 Å². The van der Waals surface area contributed by atoms with Gasteiger partial charge in [0.05, 0.1) is 11.8 Å². The summed E-state index contributed by atoms with van der Waals surface area (Å²) in [5.41, 5.74) is 7.18. The normalized spacial score (nSPS) is 20.2. The maximum atomic E-state index is 10.8. The minimum Gasteiger partial charge on any atom is -0.481 e. The number of carboxylic acids is 2. The predicted octanol–water partition coefficient (Wildman–Crippen LogP) is 8.46. The lowest BCUT2D eigenvalue weighted by Gasteiger charge is -1.97. The molecule has 2 fully saturated rings. The summed E-state index contributed by atoms with van der Waals surface area (Å²) in [6.07, 6.45) is 9.40. The number of carbonyl (C=O) groups is 2. The fraction of sp³-hybridized carbons (Fsp3) is 0.158. The van der Waals surface area contributed by atoms with Crippen LogP contribution >= 0.6 is 0 Å². The molecule has 4 atom stereocenters. The minimum atomic E-state index is -0.703. The zero-order chi connectivity index (χ0) is 31.6. The highest BCUT2D eigenvalue weighted by atomic mass is 16.4. The summed E-state index contributed by atoms with van der Waals surface area (Å²) in [6, 6.07) is 31.2. The van der Waals surface area contributed by atoms with E-state index in [-0.39, 0.29) is 23.7 Å². The SMILES string of the molecule is O=C(O)[C@@H]1C[C@H]1C=Cc1ccc(-c2nc3ccccc3o2)cc1.O=C(O)[C@@H]1C[C@H]1C=Cc1ccc(-c2nc3ccccc3o2)cc1. The van der Waals surface area contributed by atoms with E-state index in [9.17, 15) is 9.59 Å². The summed E-state index contributed by atoms with van der Waals surface area (Å²) >= 11 is 0. The minimum absolute atomic E-state index is 0.171. The molecule has 0 saturated heterocycles. The van der Waals surface area contributed by atoms with Crippen LogP contribution in [-0.2, 0) is 9.59 Å². The van der Waals surface area contributed by atoms with Gasteiger partial charge >= 0.3 is 11.9 Å². The van der Waals surface area contributed by atoms with Crippen molar-refractivity contribution in [3.8, 4) is 22.9 Å². The molecule has 2 aliphatic carbocycles. The summed E-state index contributed by atoms with van der Waals surface area (Å²) in [7, 11) is 0. The van der Waals surface area contributed by atoms with Crippen LogP contribution in [0.3, 0.4) is 0 Å². The molecule has 2 N–H and O–H groups in total. The third-order valence-electron chi connectivity index (χ3n) is 8.29. The molecule has 8 rings (SSSR count). The first kappa shape index (κ1) is 29.0. The van der Waals surface area contributed by atoms with Gasteiger partial charge in [-0.3, -0.25) is 9.59 Å². The third-order valence-corrected chi connectivity index (χ3v) is 8.29. The molecule has 8 heteroatoms. The Hall–Kier alpha value is -5.76. The van der Waals surface area contributed by atoms with Gasteiger partial charge in [0.1, 0.15) is 11.0 Å². The van der Waals surface area contributed by atoms with Crippen molar-refractivity contribution in [3.63, 3.8) is 0 Å². The average molecular weight is 611 g/mol. The second kappa shape index (κ2) is 12.3. The summed E-state index contributed by atoms with van der Waals surface area (Å²) in [5, 5.41) is 17.8. The first-order valence-electron chi connectivity index (χ1n) is 15.2. The topological polar surface area (TPSA) is 127 Å². The van der Waals surface area contributed by atoms with Crippen LogP contribution in [0.1, 0.15) is 24.0 Å². The Balaban J connectivity index is 0.000000147. The number of hydrogen-bond acceptors (Lipinski definition) is 6. The molecule has 6 aromatic rings. The van der Waals surface area contributed by atoms with Gasteiger partial charge in [-0.1, -0.05) is 72.8 Å². The molecule has 8 nitrogen and oxygen atoms in total. The summed E-state index contributed by atoms with van der Waals surface area (Å²) in [6.45, 7) is 0. The van der Waals surface area contributed by atoms with E-state index >= 15 is 0 Å². The van der Waals surface area contributed by atoms with Crippen LogP contribution in [0, 0.1) is 23.7 Å². The van der Waals surface area contributed by atoms with Crippen molar-refractivity contribution in [2.45, 2.75) is 12.8 Å². The largest absolute Gasteiger partial charge is 0.481 e. The molecule has 2 heterocycles. The Morgan fingerprint density at radius 1 is 0.587 bits per heavy atom. The number of allylic oxidation sites excluding steroid dienone is 2. The molecule has 2 aromatic heterocycles. The average Bonchev–Trinajstić information content (AvgIpc) is 3.95. The van der Waals surface area contributed by atoms with E-state index in [1.165, 1.54) is 0 Å². The van der Waals surface area contributed by atoms with Gasteiger partial charge in [0.2, 0.25) is 11.8 Å². The van der Waals surface area contributed by atoms with E-state index in [0.29, 0.717) is 11.8 Å². The van der Waals surface area contributed by atoms with Crippen molar-refractivity contribution in [2.75, 3.05) is 0 Å². The lowest BCUT2D eigenvalue weighted by atomic mass is 10.1. The zero-order valence-electron chi connectivity index (χ0n) is 24.7. The van der Waals surface area contributed by atoms with Crippen molar-refractivity contribution in [1.29, 1.82) is 0 Å². The molecule has 46 heavy (non-hydrogen) atoms. The number of benzene rings is 4. The summed E-state index contributed by atoms with van der Waals surface area (Å²) in [4.78, 5) is 30.6. The van der Waals surface area contributed by atoms with Crippen LogP contribution in [0.2, 0.25) is 0 Å². The van der Waals surface area contributed by atoms with Crippen molar-refractivity contribution >= 4 is 46.3 Å². The zero-order valence-corrected chi connectivity index (χ0v) is 24.7. The number of aliphatic carboxylic acids is 2. The standard InChI is InChI=1S/2C19H15NO3/c2*21-19(22)15-11-14(15)10-7-12-5-8-13(9-6-12)18-20-16-3-1-2-4-17(16)23-18/h2*1-10,14-15H,11H2,(H,21,22)/t2*14-,15-/m11/s1. The van der Waals surface area contributed by atoms with Crippen molar-refractivity contribution in [3.05, 3.63) is 120 Å². The van der Waals surface area contributed by atoms with Crippen LogP contribution in [0.15, 0.2) is 118 Å². The predicted molar refractivity (Wildman–Crippen MR) is 175 cm³/mol. The van der Waals surface area contributed by atoms with Crippen molar-refractivity contribution in [2.24, 2.45) is 23.7 Å². The number of fused-ring (bicyclic) bond motifs is 2. The van der Waals surface area contributed by atoms with E-state index in [2.05, 4.69) is 9.97 Å². The molecule has 0 radical (unpaired) electrons. The van der Waals surface area contributed by atoms with Crippen LogP contribution in [0.4, 0.5) is 0 Å². The van der Waals surface area contributed by atoms with Crippen molar-refractivity contribution in [1.82, 2.24) is 9.97 Å². The number of para-hydroxylation sites is 4. The molecule has 228 valence electrons. The molecular formula is C38H30N2O6. The number of nitrogens with zero attached hydrogens (tertiary/aromatic N) is 2. The monoisotopic (exact) mass is 610 g/mol. The van der Waals surface area contributed by atoms with Gasteiger partial charge < -0.3 is 19.0 Å². The number of oxazole rings is 2. The maximum Gasteiger partial charge on any atom is 0.307 e. The fourth-order valence-electron chi connectivity index (χ4n) is 5.36. The highest BCUT2D eigenvalue weighted by Crippen LogP contribution is 2.41. The lowest BCUT2D eigenvalue weighted by molar-refractivity contribution is -0.139. The molecule has 2 aliphatic rings. The first-order chi connectivity index (χ1) is 22.4. The van der Waals surface area contributed by atoms with Gasteiger partial charge in [0, 0.05) is 11.1 Å². The Bertz CT molecular complexity index is 1870. The molecule has 0 aliphatic heterocycles. The van der Waals surface area contributed by atoms with Crippen molar-refractivity contribution < 1.29 is 28.6 Å². The number of carboxylic acid groups (broad SMARTS) is 2. The van der Waals surface area contributed by atoms with Gasteiger partial charge in [-0.2, -0.15) is 0 Å². The Labute approximate surface area is 264 Å². The highest BCUT2D eigenvalue weighted by molar-refractivity contribution is 5.78. The number of rotatable bonds is 8. The van der Waals surface area contributed by atoms with Gasteiger partial charge in [-0.15, -0.1) is 0 Å². The maximum absolute atomic E-state index is 10.8. The smallest absolute Gasteiger partial charge is 0.307 e. The number of hydrogen-bond donors (Lipinski definition) is 2. The Morgan fingerprint density at radius 3 is 1.33 bits per heavy atom. The van der Waals surface area contributed by atoms with Gasteiger partial charge in [-0.25, -0.2) is 9.97 Å². The van der Waals surface area contributed by atoms with Crippen LogP contribution in [0.25, 0.3) is 57.3 Å². The summed E-state index contributed by atoms with van der Waals surface area (Å²) in [5.74, 6) is -0.259. The van der Waals surface area contributed by atoms with Gasteiger partial charge in [0.15, 0.2) is 11.2 Å². The van der Waals surface area contributed by atoms with E-state index in [0.717, 1.165) is 57.3 Å². The Morgan fingerprint density at radius 2 is 0.978 bits per heavy atom. The van der Waals surface area contributed by atoms with E-state index < -0.39 is 11.9 Å².